The van der Waals surface area contributed by atoms with Gasteiger partial charge in [0, 0.05) is 46.7 Å². The van der Waals surface area contributed by atoms with E-state index in [1.165, 1.54) is 22.2 Å². The molecule has 1 aliphatic rings. The van der Waals surface area contributed by atoms with Crippen molar-refractivity contribution in [2.75, 3.05) is 4.90 Å². The number of anilines is 3. The Hall–Kier alpha value is -6.66. The number of benzene rings is 6. The lowest BCUT2D eigenvalue weighted by molar-refractivity contribution is 0.483. The number of rotatable bonds is 5. The maximum Gasteiger partial charge on any atom is 0.140 e. The third-order valence-corrected chi connectivity index (χ3v) is 10.6. The Morgan fingerprint density at radius 3 is 2.19 bits per heavy atom. The van der Waals surface area contributed by atoms with Gasteiger partial charge in [-0.1, -0.05) is 80.6 Å². The molecule has 3 aromatic heterocycles. The quantitative estimate of drug-likeness (QED) is 0.182. The molecule has 6 aromatic carbocycles. The fourth-order valence-electron chi connectivity index (χ4n) is 8.08. The van der Waals surface area contributed by atoms with Crippen LogP contribution < -0.4 is 9.64 Å². The molecule has 10 rings (SSSR count). The molecule has 0 atom stereocenters. The topological polar surface area (TPSA) is 48.1 Å². The Morgan fingerprint density at radius 1 is 0.577 bits per heavy atom. The number of fused-ring (bicyclic) bond motifs is 6. The van der Waals surface area contributed by atoms with E-state index in [1.54, 1.807) is 0 Å². The summed E-state index contributed by atoms with van der Waals surface area (Å²) < 4.78 is 11.0. The average molecular weight is 674 g/mol. The molecular weight excluding hydrogens is 639 g/mol. The predicted octanol–water partition coefficient (Wildman–Crippen LogP) is 11.6. The van der Waals surface area contributed by atoms with Crippen molar-refractivity contribution in [3.8, 4) is 28.7 Å². The number of para-hydroxylation sites is 4. The van der Waals surface area contributed by atoms with Crippen molar-refractivity contribution in [2.24, 2.45) is 7.05 Å². The van der Waals surface area contributed by atoms with E-state index in [2.05, 4.69) is 144 Å². The molecule has 9 aromatic rings. The smallest absolute Gasteiger partial charge is 0.140 e. The van der Waals surface area contributed by atoms with E-state index in [0.29, 0.717) is 0 Å². The number of aryl methyl sites for hydroxylation is 1. The molecule has 52 heavy (non-hydrogen) atoms. The summed E-state index contributed by atoms with van der Waals surface area (Å²) in [6.07, 6.45) is 1.86. The Morgan fingerprint density at radius 2 is 1.35 bits per heavy atom. The fraction of sp³-hybridized carbons (Fsp3) is 0.0870. The number of imidazole rings is 1. The normalized spacial score (nSPS) is 13.4. The van der Waals surface area contributed by atoms with E-state index >= 15 is 0 Å². The SMILES string of the molecule is Cn1c(-c2cccc(Oc3ccc4c5cc6c(cc5n(-c5ccccn5)c4c3)N(c3ccccc3)c3ccccc3C6(C)C)c2)nc2ccccc21. The van der Waals surface area contributed by atoms with Crippen molar-refractivity contribution in [1.29, 1.82) is 0 Å². The maximum atomic E-state index is 6.62. The molecule has 1 aliphatic heterocycles. The lowest BCUT2D eigenvalue weighted by Crippen LogP contribution is -2.30. The first-order valence-electron chi connectivity index (χ1n) is 17.6. The second kappa shape index (κ2) is 11.4. The van der Waals surface area contributed by atoms with Gasteiger partial charge in [0.1, 0.15) is 23.1 Å². The Kier molecular flexibility index (Phi) is 6.64. The first-order chi connectivity index (χ1) is 25.5. The summed E-state index contributed by atoms with van der Waals surface area (Å²) in [5.41, 5.74) is 11.0. The molecule has 0 saturated heterocycles. The van der Waals surface area contributed by atoms with Gasteiger partial charge in [-0.2, -0.15) is 0 Å². The molecule has 0 saturated carbocycles. The van der Waals surface area contributed by atoms with Crippen molar-refractivity contribution in [3.05, 3.63) is 169 Å². The van der Waals surface area contributed by atoms with E-state index in [9.17, 15) is 0 Å². The van der Waals surface area contributed by atoms with Crippen LogP contribution in [0.5, 0.6) is 11.5 Å². The van der Waals surface area contributed by atoms with Crippen LogP contribution in [0.1, 0.15) is 25.0 Å². The molecular formula is C46H35N5O. The molecule has 0 radical (unpaired) electrons. The molecule has 250 valence electrons. The summed E-state index contributed by atoms with van der Waals surface area (Å²) in [4.78, 5) is 12.2. The Labute approximate surface area is 301 Å². The first kappa shape index (κ1) is 30.2. The van der Waals surface area contributed by atoms with Gasteiger partial charge in [-0.25, -0.2) is 9.97 Å². The third kappa shape index (κ3) is 4.57. The minimum atomic E-state index is -0.224. The highest BCUT2D eigenvalue weighted by Crippen LogP contribution is 2.53. The van der Waals surface area contributed by atoms with Crippen LogP contribution in [0, 0.1) is 0 Å². The van der Waals surface area contributed by atoms with Crippen molar-refractivity contribution in [3.63, 3.8) is 0 Å². The summed E-state index contributed by atoms with van der Waals surface area (Å²) >= 11 is 0. The number of hydrogen-bond acceptors (Lipinski definition) is 4. The van der Waals surface area contributed by atoms with Crippen LogP contribution in [0.25, 0.3) is 50.0 Å². The van der Waals surface area contributed by atoms with E-state index in [4.69, 9.17) is 14.7 Å². The predicted molar refractivity (Wildman–Crippen MR) is 212 cm³/mol. The lowest BCUT2D eigenvalue weighted by Gasteiger charge is -2.42. The monoisotopic (exact) mass is 673 g/mol. The van der Waals surface area contributed by atoms with Crippen LogP contribution in [-0.4, -0.2) is 19.1 Å². The van der Waals surface area contributed by atoms with Gasteiger partial charge in [0.15, 0.2) is 0 Å². The Balaban J connectivity index is 1.15. The molecule has 0 aliphatic carbocycles. The molecule has 6 heteroatoms. The van der Waals surface area contributed by atoms with Gasteiger partial charge in [0.05, 0.1) is 33.4 Å². The Bertz CT molecular complexity index is 2820. The zero-order valence-electron chi connectivity index (χ0n) is 29.2. The summed E-state index contributed by atoms with van der Waals surface area (Å²) in [7, 11) is 2.05. The minimum absolute atomic E-state index is 0.224. The standard InChI is InChI=1S/C46H35N5O/c1-46(2)36-18-7-9-20-39(36)50(31-15-5-4-6-16-31)43-29-42-35(28-37(43)46)34-24-23-33(27-41(34)51(42)44-22-11-12-25-47-44)52-32-17-13-14-30(26-32)45-48-38-19-8-10-21-40(38)49(45)3/h4-29H,1-3H3. The zero-order valence-corrected chi connectivity index (χ0v) is 29.2. The fourth-order valence-corrected chi connectivity index (χ4v) is 8.08. The van der Waals surface area contributed by atoms with Crippen LogP contribution in [-0.2, 0) is 12.5 Å². The number of aromatic nitrogens is 4. The molecule has 0 N–H and O–H groups in total. The highest BCUT2D eigenvalue weighted by molar-refractivity contribution is 6.11. The molecule has 0 fully saturated rings. The van der Waals surface area contributed by atoms with Crippen LogP contribution >= 0.6 is 0 Å². The second-order valence-electron chi connectivity index (χ2n) is 14.0. The molecule has 4 heterocycles. The highest BCUT2D eigenvalue weighted by atomic mass is 16.5. The summed E-state index contributed by atoms with van der Waals surface area (Å²) in [5, 5.41) is 2.32. The molecule has 0 amide bonds. The minimum Gasteiger partial charge on any atom is -0.457 e. The van der Waals surface area contributed by atoms with Gasteiger partial charge in [0.2, 0.25) is 0 Å². The van der Waals surface area contributed by atoms with Crippen LogP contribution in [0.15, 0.2) is 158 Å². The van der Waals surface area contributed by atoms with Crippen LogP contribution in [0.4, 0.5) is 17.1 Å². The van der Waals surface area contributed by atoms with Crippen molar-refractivity contribution >= 4 is 49.9 Å². The van der Waals surface area contributed by atoms with E-state index in [-0.39, 0.29) is 5.41 Å². The summed E-state index contributed by atoms with van der Waals surface area (Å²) in [6, 6.07) is 53.0. The van der Waals surface area contributed by atoms with Crippen molar-refractivity contribution in [1.82, 2.24) is 19.1 Å². The summed E-state index contributed by atoms with van der Waals surface area (Å²) in [5.74, 6) is 3.25. The number of nitrogens with zero attached hydrogens (tertiary/aromatic N) is 5. The molecule has 0 spiro atoms. The van der Waals surface area contributed by atoms with Crippen molar-refractivity contribution in [2.45, 2.75) is 19.3 Å². The van der Waals surface area contributed by atoms with Gasteiger partial charge in [-0.15, -0.1) is 0 Å². The van der Waals surface area contributed by atoms with Crippen LogP contribution in [0.3, 0.4) is 0 Å². The first-order valence-corrected chi connectivity index (χ1v) is 17.6. The number of ether oxygens (including phenoxy) is 1. The van der Waals surface area contributed by atoms with Gasteiger partial charge in [0.25, 0.3) is 0 Å². The molecule has 0 bridgehead atoms. The third-order valence-electron chi connectivity index (χ3n) is 10.6. The highest BCUT2D eigenvalue weighted by Gasteiger charge is 2.37. The second-order valence-corrected chi connectivity index (χ2v) is 14.0. The molecule has 6 nitrogen and oxygen atoms in total. The van der Waals surface area contributed by atoms with Gasteiger partial charge in [-0.05, 0) is 90.0 Å². The van der Waals surface area contributed by atoms with Crippen LogP contribution in [0.2, 0.25) is 0 Å². The molecule has 0 unspecified atom stereocenters. The van der Waals surface area contributed by atoms with E-state index < -0.39 is 0 Å². The van der Waals surface area contributed by atoms with Gasteiger partial charge < -0.3 is 14.2 Å². The van der Waals surface area contributed by atoms with E-state index in [0.717, 1.165) is 67.5 Å². The number of pyridine rings is 1. The zero-order chi connectivity index (χ0) is 35.0. The van der Waals surface area contributed by atoms with E-state index in [1.807, 2.05) is 48.7 Å². The number of hydrogen-bond donors (Lipinski definition) is 0. The maximum absolute atomic E-state index is 6.62. The van der Waals surface area contributed by atoms with Crippen molar-refractivity contribution < 1.29 is 4.74 Å². The average Bonchev–Trinajstić information content (AvgIpc) is 3.69. The lowest BCUT2D eigenvalue weighted by atomic mass is 9.73. The van der Waals surface area contributed by atoms with Gasteiger partial charge >= 0.3 is 0 Å². The largest absolute Gasteiger partial charge is 0.457 e. The van der Waals surface area contributed by atoms with Gasteiger partial charge in [-0.3, -0.25) is 4.57 Å². The summed E-state index contributed by atoms with van der Waals surface area (Å²) in [6.45, 7) is 4.68.